The highest BCUT2D eigenvalue weighted by Gasteiger charge is 2.58. The Hall–Kier alpha value is -1.10. The Bertz CT molecular complexity index is 303. The zero-order chi connectivity index (χ0) is 10.5. The van der Waals surface area contributed by atoms with Gasteiger partial charge in [-0.25, -0.2) is 0 Å². The second-order valence-corrected chi connectivity index (χ2v) is 4.33. The van der Waals surface area contributed by atoms with Gasteiger partial charge in [-0.3, -0.25) is 9.59 Å². The largest absolute Gasteiger partial charge is 0.481 e. The number of ether oxygens (including phenoxy) is 1. The summed E-state index contributed by atoms with van der Waals surface area (Å²) in [7, 11) is 0. The number of carboxylic acids is 1. The molecule has 2 rings (SSSR count). The van der Waals surface area contributed by atoms with E-state index in [1.165, 1.54) is 0 Å². The third-order valence-electron chi connectivity index (χ3n) is 3.41. The predicted octanol–water partition coefficient (Wildman–Crippen LogP) is -0.260. The molecule has 78 valence electrons. The molecule has 0 aromatic carbocycles. The van der Waals surface area contributed by atoms with Crippen LogP contribution < -0.4 is 5.73 Å². The van der Waals surface area contributed by atoms with Crippen molar-refractivity contribution in [3.05, 3.63) is 0 Å². The van der Waals surface area contributed by atoms with Crippen LogP contribution in [0.5, 0.6) is 0 Å². The van der Waals surface area contributed by atoms with Crippen molar-refractivity contribution in [1.82, 2.24) is 0 Å². The molecule has 1 heterocycles. The molecule has 0 aromatic rings. The maximum Gasteiger partial charge on any atom is 0.307 e. The summed E-state index contributed by atoms with van der Waals surface area (Å²) in [4.78, 5) is 22.2. The van der Waals surface area contributed by atoms with E-state index in [2.05, 4.69) is 0 Å². The minimum atomic E-state index is -0.958. The molecule has 0 radical (unpaired) electrons. The van der Waals surface area contributed by atoms with Crippen LogP contribution in [0.1, 0.15) is 19.8 Å². The fourth-order valence-electron chi connectivity index (χ4n) is 2.26. The van der Waals surface area contributed by atoms with Gasteiger partial charge in [0.15, 0.2) is 0 Å². The number of fused-ring (bicyclic) bond motifs is 1. The summed E-state index contributed by atoms with van der Waals surface area (Å²) in [6, 6.07) is 0. The Morgan fingerprint density at radius 2 is 2.14 bits per heavy atom. The zero-order valence-electron chi connectivity index (χ0n) is 7.90. The molecule has 3 N–H and O–H groups in total. The van der Waals surface area contributed by atoms with Crippen molar-refractivity contribution in [2.24, 2.45) is 17.1 Å². The van der Waals surface area contributed by atoms with Crippen molar-refractivity contribution in [2.75, 3.05) is 0 Å². The third-order valence-corrected chi connectivity index (χ3v) is 3.41. The Balaban J connectivity index is 2.26. The molecule has 0 bridgehead atoms. The molecule has 2 fully saturated rings. The van der Waals surface area contributed by atoms with Gasteiger partial charge in [0.25, 0.3) is 0 Å². The Morgan fingerprint density at radius 1 is 1.50 bits per heavy atom. The average Bonchev–Trinajstić information content (AvgIpc) is 2.79. The third kappa shape index (κ3) is 1.19. The summed E-state index contributed by atoms with van der Waals surface area (Å²) in [5, 5.41) is 9.00. The van der Waals surface area contributed by atoms with Crippen molar-refractivity contribution in [3.63, 3.8) is 0 Å². The monoisotopic (exact) mass is 199 g/mol. The molecule has 1 saturated carbocycles. The second kappa shape index (κ2) is 2.70. The number of aliphatic carboxylic acids is 1. The molecule has 1 aliphatic heterocycles. The Labute approximate surface area is 81.2 Å². The molecule has 0 aromatic heterocycles. The smallest absolute Gasteiger partial charge is 0.307 e. The van der Waals surface area contributed by atoms with E-state index in [1.807, 2.05) is 0 Å². The number of carbonyl (C=O) groups excluding carboxylic acids is 1. The molecule has 4 unspecified atom stereocenters. The van der Waals surface area contributed by atoms with Gasteiger partial charge in [0.2, 0.25) is 5.91 Å². The van der Waals surface area contributed by atoms with Crippen LogP contribution in [0.25, 0.3) is 0 Å². The van der Waals surface area contributed by atoms with E-state index in [-0.39, 0.29) is 12.2 Å². The summed E-state index contributed by atoms with van der Waals surface area (Å²) in [5.74, 6) is -2.21. The van der Waals surface area contributed by atoms with Gasteiger partial charge >= 0.3 is 5.97 Å². The van der Waals surface area contributed by atoms with Crippen LogP contribution in [0.3, 0.4) is 0 Å². The van der Waals surface area contributed by atoms with Crippen LogP contribution in [0.15, 0.2) is 0 Å². The fraction of sp³-hybridized carbons (Fsp3) is 0.778. The lowest BCUT2D eigenvalue weighted by Gasteiger charge is -2.34. The number of rotatable bonds is 2. The van der Waals surface area contributed by atoms with Crippen molar-refractivity contribution in [3.8, 4) is 0 Å². The maximum atomic E-state index is 11.3. The molecule has 5 heteroatoms. The van der Waals surface area contributed by atoms with Gasteiger partial charge in [-0.15, -0.1) is 0 Å². The van der Waals surface area contributed by atoms with Crippen molar-refractivity contribution < 1.29 is 19.4 Å². The molecule has 14 heavy (non-hydrogen) atoms. The molecule has 1 amide bonds. The van der Waals surface area contributed by atoms with Crippen LogP contribution in [0.2, 0.25) is 0 Å². The van der Waals surface area contributed by atoms with E-state index < -0.39 is 23.2 Å². The van der Waals surface area contributed by atoms with Crippen LogP contribution in [0, 0.1) is 11.3 Å². The SMILES string of the molecule is CC1(C(N)=O)CC2OC2CC1C(=O)O. The summed E-state index contributed by atoms with van der Waals surface area (Å²) >= 11 is 0. The topological polar surface area (TPSA) is 92.9 Å². The van der Waals surface area contributed by atoms with E-state index in [0.717, 1.165) is 0 Å². The summed E-state index contributed by atoms with van der Waals surface area (Å²) in [6.45, 7) is 1.62. The van der Waals surface area contributed by atoms with Crippen LogP contribution >= 0.6 is 0 Å². The molecule has 5 nitrogen and oxygen atoms in total. The normalized spacial score (nSPS) is 45.4. The highest BCUT2D eigenvalue weighted by Crippen LogP contribution is 2.49. The first-order chi connectivity index (χ1) is 6.45. The number of epoxide rings is 1. The van der Waals surface area contributed by atoms with Crippen LogP contribution in [-0.4, -0.2) is 29.2 Å². The lowest BCUT2D eigenvalue weighted by atomic mass is 9.67. The van der Waals surface area contributed by atoms with E-state index in [9.17, 15) is 9.59 Å². The van der Waals surface area contributed by atoms with Crippen molar-refractivity contribution in [1.29, 1.82) is 0 Å². The summed E-state index contributed by atoms with van der Waals surface area (Å²) in [6.07, 6.45) is 0.912. The summed E-state index contributed by atoms with van der Waals surface area (Å²) in [5.41, 5.74) is 4.30. The molecular weight excluding hydrogens is 186 g/mol. The lowest BCUT2D eigenvalue weighted by molar-refractivity contribution is -0.153. The number of hydrogen-bond donors (Lipinski definition) is 2. The van der Waals surface area contributed by atoms with Gasteiger partial charge in [-0.1, -0.05) is 0 Å². The molecule has 1 aliphatic carbocycles. The summed E-state index contributed by atoms with van der Waals surface area (Å²) < 4.78 is 5.23. The maximum absolute atomic E-state index is 11.3. The van der Waals surface area contributed by atoms with Gasteiger partial charge in [0.1, 0.15) is 0 Å². The number of hydrogen-bond acceptors (Lipinski definition) is 3. The van der Waals surface area contributed by atoms with Gasteiger partial charge in [0.05, 0.1) is 23.5 Å². The minimum Gasteiger partial charge on any atom is -0.481 e. The van der Waals surface area contributed by atoms with E-state index in [1.54, 1.807) is 6.92 Å². The van der Waals surface area contributed by atoms with Gasteiger partial charge in [0, 0.05) is 0 Å². The first-order valence-corrected chi connectivity index (χ1v) is 4.63. The fourth-order valence-corrected chi connectivity index (χ4v) is 2.26. The number of primary amides is 1. The number of nitrogens with two attached hydrogens (primary N) is 1. The van der Waals surface area contributed by atoms with Crippen LogP contribution in [0.4, 0.5) is 0 Å². The molecule has 0 spiro atoms. The van der Waals surface area contributed by atoms with Crippen molar-refractivity contribution in [2.45, 2.75) is 32.0 Å². The lowest BCUT2D eigenvalue weighted by Crippen LogP contribution is -2.48. The van der Waals surface area contributed by atoms with Crippen molar-refractivity contribution >= 4 is 11.9 Å². The highest BCUT2D eigenvalue weighted by atomic mass is 16.6. The van der Waals surface area contributed by atoms with Gasteiger partial charge in [-0.05, 0) is 19.8 Å². The average molecular weight is 199 g/mol. The minimum absolute atomic E-state index is 0.0310. The van der Waals surface area contributed by atoms with Gasteiger partial charge in [-0.2, -0.15) is 0 Å². The molecule has 2 aliphatic rings. The van der Waals surface area contributed by atoms with E-state index in [0.29, 0.717) is 12.8 Å². The number of carbonyl (C=O) groups is 2. The number of amides is 1. The van der Waals surface area contributed by atoms with Crippen LogP contribution in [-0.2, 0) is 14.3 Å². The van der Waals surface area contributed by atoms with E-state index in [4.69, 9.17) is 15.6 Å². The van der Waals surface area contributed by atoms with E-state index >= 15 is 0 Å². The number of carboxylic acid groups (broad SMARTS) is 1. The Morgan fingerprint density at radius 3 is 2.64 bits per heavy atom. The molecule has 1 saturated heterocycles. The predicted molar refractivity (Wildman–Crippen MR) is 46.3 cm³/mol. The van der Waals surface area contributed by atoms with Gasteiger partial charge < -0.3 is 15.6 Å². The molecule has 4 atom stereocenters. The quantitative estimate of drug-likeness (QED) is 0.599. The zero-order valence-corrected chi connectivity index (χ0v) is 7.90. The second-order valence-electron chi connectivity index (χ2n) is 4.33. The first kappa shape index (κ1) is 9.45. The Kier molecular flexibility index (Phi) is 1.82. The molecular formula is C9H13NO4. The first-order valence-electron chi connectivity index (χ1n) is 4.63. The standard InChI is InChI=1S/C9H13NO4/c1-9(8(10)13)3-6-5(14-6)2-4(9)7(11)12/h4-6H,2-3H2,1H3,(H2,10,13)(H,11,12). The highest BCUT2D eigenvalue weighted by molar-refractivity contribution is 5.87.